The lowest BCUT2D eigenvalue weighted by Gasteiger charge is -2.45. The van der Waals surface area contributed by atoms with Crippen molar-refractivity contribution in [1.29, 1.82) is 0 Å². The summed E-state index contributed by atoms with van der Waals surface area (Å²) in [4.78, 5) is 14.6. The Kier molecular flexibility index (Phi) is 5.34. The quantitative estimate of drug-likeness (QED) is 0.339. The number of hydrogen-bond acceptors (Lipinski definition) is 3. The SMILES string of the molecule is CC(C)C1c2ccc(-c3nc(-c4ccccc4)nc(-c4ccccc4)n3)cc2C1C(C)C. The first-order valence-electron chi connectivity index (χ1n) is 11.5. The standard InChI is InChI=1S/C29H29N3/c1-18(2)25-23-16-15-22(17-24(23)26(25)19(3)4)29-31-27(20-11-7-5-8-12-20)30-28(32-29)21-13-9-6-10-14-21/h5-19,25-26H,1-4H3. The van der Waals surface area contributed by atoms with Crippen LogP contribution in [0.4, 0.5) is 0 Å². The molecule has 1 aliphatic rings. The minimum absolute atomic E-state index is 0.592. The molecule has 1 aliphatic carbocycles. The molecule has 3 nitrogen and oxygen atoms in total. The van der Waals surface area contributed by atoms with E-state index in [0.29, 0.717) is 35.3 Å². The zero-order valence-corrected chi connectivity index (χ0v) is 19.2. The first-order chi connectivity index (χ1) is 15.5. The first-order valence-corrected chi connectivity index (χ1v) is 11.5. The van der Waals surface area contributed by atoms with E-state index in [4.69, 9.17) is 15.0 Å². The van der Waals surface area contributed by atoms with Gasteiger partial charge in [0.1, 0.15) is 0 Å². The van der Waals surface area contributed by atoms with E-state index in [0.717, 1.165) is 22.5 Å². The monoisotopic (exact) mass is 419 g/mol. The lowest BCUT2D eigenvalue weighted by atomic mass is 9.59. The molecule has 0 saturated heterocycles. The fourth-order valence-electron chi connectivity index (χ4n) is 5.08. The van der Waals surface area contributed by atoms with Crippen molar-refractivity contribution in [2.24, 2.45) is 11.8 Å². The molecular formula is C29H29N3. The molecule has 5 rings (SSSR count). The van der Waals surface area contributed by atoms with Crippen LogP contribution >= 0.6 is 0 Å². The van der Waals surface area contributed by atoms with Crippen molar-refractivity contribution >= 4 is 0 Å². The number of aromatic nitrogens is 3. The Morgan fingerprint density at radius 1 is 0.500 bits per heavy atom. The molecule has 0 bridgehead atoms. The molecular weight excluding hydrogens is 390 g/mol. The molecule has 0 spiro atoms. The Balaban J connectivity index is 1.64. The Hall–Kier alpha value is -3.33. The van der Waals surface area contributed by atoms with Crippen molar-refractivity contribution in [3.63, 3.8) is 0 Å². The van der Waals surface area contributed by atoms with Crippen LogP contribution in [0.5, 0.6) is 0 Å². The summed E-state index contributed by atoms with van der Waals surface area (Å²) in [5, 5.41) is 0. The lowest BCUT2D eigenvalue weighted by Crippen LogP contribution is -2.31. The normalized spacial score (nSPS) is 17.3. The second-order valence-corrected chi connectivity index (χ2v) is 9.42. The van der Waals surface area contributed by atoms with E-state index >= 15 is 0 Å². The summed E-state index contributed by atoms with van der Waals surface area (Å²) < 4.78 is 0. The van der Waals surface area contributed by atoms with E-state index < -0.39 is 0 Å². The highest BCUT2D eigenvalue weighted by molar-refractivity contribution is 5.68. The molecule has 0 radical (unpaired) electrons. The van der Waals surface area contributed by atoms with Gasteiger partial charge < -0.3 is 0 Å². The van der Waals surface area contributed by atoms with E-state index in [2.05, 4.69) is 45.9 Å². The van der Waals surface area contributed by atoms with Crippen LogP contribution in [0, 0.1) is 11.8 Å². The average molecular weight is 420 g/mol. The number of hydrogen-bond donors (Lipinski definition) is 0. The van der Waals surface area contributed by atoms with Gasteiger partial charge in [-0.05, 0) is 40.9 Å². The number of rotatable bonds is 5. The topological polar surface area (TPSA) is 38.7 Å². The molecule has 3 aromatic carbocycles. The van der Waals surface area contributed by atoms with Gasteiger partial charge in [0.05, 0.1) is 0 Å². The molecule has 0 aliphatic heterocycles. The molecule has 0 amide bonds. The highest BCUT2D eigenvalue weighted by Crippen LogP contribution is 2.54. The summed E-state index contributed by atoms with van der Waals surface area (Å²) in [6.07, 6.45) is 0. The van der Waals surface area contributed by atoms with Gasteiger partial charge in [-0.1, -0.05) is 100 Å². The van der Waals surface area contributed by atoms with E-state index in [-0.39, 0.29) is 0 Å². The first kappa shape index (κ1) is 20.6. The van der Waals surface area contributed by atoms with E-state index in [1.54, 1.807) is 0 Å². The van der Waals surface area contributed by atoms with Crippen LogP contribution in [0.25, 0.3) is 34.2 Å². The van der Waals surface area contributed by atoms with Gasteiger partial charge in [0.2, 0.25) is 0 Å². The number of nitrogens with zero attached hydrogens (tertiary/aromatic N) is 3. The predicted octanol–water partition coefficient (Wildman–Crippen LogP) is 7.37. The zero-order chi connectivity index (χ0) is 22.2. The van der Waals surface area contributed by atoms with Crippen molar-refractivity contribution < 1.29 is 0 Å². The third-order valence-corrected chi connectivity index (χ3v) is 6.59. The lowest BCUT2D eigenvalue weighted by molar-refractivity contribution is 0.302. The number of benzene rings is 3. The van der Waals surface area contributed by atoms with E-state index in [1.165, 1.54) is 11.1 Å². The molecule has 0 fully saturated rings. The summed E-state index contributed by atoms with van der Waals surface area (Å²) in [5.74, 6) is 4.63. The maximum Gasteiger partial charge on any atom is 0.164 e. The van der Waals surface area contributed by atoms with Crippen LogP contribution < -0.4 is 0 Å². The zero-order valence-electron chi connectivity index (χ0n) is 19.2. The van der Waals surface area contributed by atoms with Gasteiger partial charge in [-0.25, -0.2) is 15.0 Å². The minimum Gasteiger partial charge on any atom is -0.208 e. The van der Waals surface area contributed by atoms with Crippen LogP contribution in [-0.4, -0.2) is 15.0 Å². The Bertz CT molecular complexity index is 1170. The van der Waals surface area contributed by atoms with E-state index in [1.807, 2.05) is 60.7 Å². The van der Waals surface area contributed by atoms with Gasteiger partial charge in [0.25, 0.3) is 0 Å². The fourth-order valence-corrected chi connectivity index (χ4v) is 5.08. The molecule has 4 aromatic rings. The van der Waals surface area contributed by atoms with Crippen LogP contribution in [0.15, 0.2) is 78.9 Å². The second-order valence-electron chi connectivity index (χ2n) is 9.42. The molecule has 2 unspecified atom stereocenters. The largest absolute Gasteiger partial charge is 0.208 e. The summed E-state index contributed by atoms with van der Waals surface area (Å²) in [6.45, 7) is 9.33. The Labute approximate surface area is 190 Å². The van der Waals surface area contributed by atoms with Crippen molar-refractivity contribution in [1.82, 2.24) is 15.0 Å². The van der Waals surface area contributed by atoms with Crippen molar-refractivity contribution in [2.75, 3.05) is 0 Å². The smallest absolute Gasteiger partial charge is 0.164 e. The van der Waals surface area contributed by atoms with Gasteiger partial charge in [-0.3, -0.25) is 0 Å². The van der Waals surface area contributed by atoms with Crippen molar-refractivity contribution in [3.05, 3.63) is 90.0 Å². The third kappa shape index (κ3) is 3.62. The van der Waals surface area contributed by atoms with Crippen LogP contribution in [0.2, 0.25) is 0 Å². The Morgan fingerprint density at radius 3 is 1.41 bits per heavy atom. The van der Waals surface area contributed by atoms with Crippen LogP contribution in [0.1, 0.15) is 50.7 Å². The van der Waals surface area contributed by atoms with Crippen LogP contribution in [0.3, 0.4) is 0 Å². The molecule has 160 valence electrons. The van der Waals surface area contributed by atoms with Crippen molar-refractivity contribution in [2.45, 2.75) is 39.5 Å². The van der Waals surface area contributed by atoms with Gasteiger partial charge in [-0.2, -0.15) is 0 Å². The van der Waals surface area contributed by atoms with Gasteiger partial charge >= 0.3 is 0 Å². The highest BCUT2D eigenvalue weighted by atomic mass is 15.0. The van der Waals surface area contributed by atoms with Gasteiger partial charge in [-0.15, -0.1) is 0 Å². The summed E-state index contributed by atoms with van der Waals surface area (Å²) >= 11 is 0. The Morgan fingerprint density at radius 2 is 0.938 bits per heavy atom. The maximum absolute atomic E-state index is 4.90. The molecule has 2 atom stereocenters. The summed E-state index contributed by atoms with van der Waals surface area (Å²) in [5.41, 5.74) is 6.00. The average Bonchev–Trinajstić information content (AvgIpc) is 2.80. The second kappa shape index (κ2) is 8.31. The van der Waals surface area contributed by atoms with Gasteiger partial charge in [0.15, 0.2) is 17.5 Å². The molecule has 0 saturated carbocycles. The molecule has 3 heteroatoms. The highest BCUT2D eigenvalue weighted by Gasteiger charge is 2.41. The maximum atomic E-state index is 4.90. The van der Waals surface area contributed by atoms with Gasteiger partial charge in [0, 0.05) is 16.7 Å². The molecule has 32 heavy (non-hydrogen) atoms. The summed E-state index contributed by atoms with van der Waals surface area (Å²) in [6, 6.07) is 27.1. The van der Waals surface area contributed by atoms with Crippen molar-refractivity contribution in [3.8, 4) is 34.2 Å². The number of fused-ring (bicyclic) bond motifs is 1. The summed E-state index contributed by atoms with van der Waals surface area (Å²) in [7, 11) is 0. The molecule has 1 aromatic heterocycles. The minimum atomic E-state index is 0.592. The molecule has 1 heterocycles. The fraction of sp³-hybridized carbons (Fsp3) is 0.276. The molecule has 0 N–H and O–H groups in total. The third-order valence-electron chi connectivity index (χ3n) is 6.59. The predicted molar refractivity (Wildman–Crippen MR) is 131 cm³/mol. The van der Waals surface area contributed by atoms with E-state index in [9.17, 15) is 0 Å². The van der Waals surface area contributed by atoms with Crippen LogP contribution in [-0.2, 0) is 0 Å².